The highest BCUT2D eigenvalue weighted by molar-refractivity contribution is 7.17. The lowest BCUT2D eigenvalue weighted by atomic mass is 10.1. The summed E-state index contributed by atoms with van der Waals surface area (Å²) in [6, 6.07) is 6.51. The smallest absolute Gasteiger partial charge is 0.219 e. The minimum absolute atomic E-state index is 0.143. The molecule has 1 amide bonds. The lowest BCUT2D eigenvalue weighted by Crippen LogP contribution is -2.25. The van der Waals surface area contributed by atoms with E-state index in [4.69, 9.17) is 4.74 Å². The fourth-order valence-electron chi connectivity index (χ4n) is 2.45. The summed E-state index contributed by atoms with van der Waals surface area (Å²) < 4.78 is 6.57. The molecule has 1 heterocycles. The van der Waals surface area contributed by atoms with Crippen LogP contribution in [0, 0.1) is 0 Å². The molecule has 19 heavy (non-hydrogen) atoms. The van der Waals surface area contributed by atoms with Gasteiger partial charge in [0.15, 0.2) is 0 Å². The Labute approximate surface area is 116 Å². The Balaban J connectivity index is 1.84. The normalized spacial score (nSPS) is 21.4. The van der Waals surface area contributed by atoms with E-state index in [1.807, 2.05) is 13.0 Å². The SMILES string of the molecule is CCC(=O)N[C@@H]1C[C@H]1c1csc2ccc(OC)cc12. The van der Waals surface area contributed by atoms with Crippen LogP contribution in [-0.4, -0.2) is 19.1 Å². The highest BCUT2D eigenvalue weighted by atomic mass is 32.1. The molecule has 1 aliphatic rings. The molecule has 1 aliphatic carbocycles. The van der Waals surface area contributed by atoms with E-state index in [1.54, 1.807) is 18.4 Å². The number of ether oxygens (including phenoxy) is 1. The van der Waals surface area contributed by atoms with E-state index in [1.165, 1.54) is 15.6 Å². The standard InChI is InChI=1S/C15H17NO2S/c1-3-15(17)16-13-7-10(13)12-8-19-14-5-4-9(18-2)6-11(12)14/h4-6,8,10,13H,3,7H2,1-2H3,(H,16,17)/t10-,13+/m0/s1. The van der Waals surface area contributed by atoms with Gasteiger partial charge in [0.2, 0.25) is 5.91 Å². The molecule has 0 radical (unpaired) electrons. The third kappa shape index (κ3) is 2.32. The third-order valence-electron chi connectivity index (χ3n) is 3.67. The van der Waals surface area contributed by atoms with Crippen molar-refractivity contribution in [1.29, 1.82) is 0 Å². The summed E-state index contributed by atoms with van der Waals surface area (Å²) in [5.41, 5.74) is 1.35. The first-order chi connectivity index (χ1) is 9.22. The van der Waals surface area contributed by atoms with Crippen LogP contribution in [0.2, 0.25) is 0 Å². The summed E-state index contributed by atoms with van der Waals surface area (Å²) in [7, 11) is 1.69. The molecule has 3 nitrogen and oxygen atoms in total. The van der Waals surface area contributed by atoms with E-state index in [0.717, 1.165) is 12.2 Å². The lowest BCUT2D eigenvalue weighted by molar-refractivity contribution is -0.120. The highest BCUT2D eigenvalue weighted by Crippen LogP contribution is 2.46. The van der Waals surface area contributed by atoms with Gasteiger partial charge < -0.3 is 10.1 Å². The molecule has 2 atom stereocenters. The lowest BCUT2D eigenvalue weighted by Gasteiger charge is -2.03. The zero-order valence-corrected chi connectivity index (χ0v) is 11.9. The summed E-state index contributed by atoms with van der Waals surface area (Å²) in [5, 5.41) is 6.55. The van der Waals surface area contributed by atoms with Crippen LogP contribution in [0.1, 0.15) is 31.2 Å². The zero-order chi connectivity index (χ0) is 13.4. The van der Waals surface area contributed by atoms with Crippen LogP contribution in [0.3, 0.4) is 0 Å². The first kappa shape index (κ1) is 12.5. The molecule has 4 heteroatoms. The van der Waals surface area contributed by atoms with Crippen molar-refractivity contribution in [1.82, 2.24) is 5.32 Å². The molecule has 0 saturated heterocycles. The number of hydrogen-bond acceptors (Lipinski definition) is 3. The van der Waals surface area contributed by atoms with Crippen LogP contribution >= 0.6 is 11.3 Å². The molecular weight excluding hydrogens is 258 g/mol. The molecule has 1 saturated carbocycles. The molecule has 0 bridgehead atoms. The van der Waals surface area contributed by atoms with Gasteiger partial charge in [-0.15, -0.1) is 11.3 Å². The van der Waals surface area contributed by atoms with Crippen molar-refractivity contribution in [2.75, 3.05) is 7.11 Å². The van der Waals surface area contributed by atoms with E-state index >= 15 is 0 Å². The molecule has 0 aliphatic heterocycles. The fourth-order valence-corrected chi connectivity index (χ4v) is 3.46. The first-order valence-corrected chi connectivity index (χ1v) is 7.45. The van der Waals surface area contributed by atoms with Gasteiger partial charge in [-0.25, -0.2) is 0 Å². The molecule has 0 spiro atoms. The second-order valence-electron chi connectivity index (χ2n) is 4.92. The number of benzene rings is 1. The summed E-state index contributed by atoms with van der Waals surface area (Å²) in [6.45, 7) is 1.89. The predicted octanol–water partition coefficient (Wildman–Crippen LogP) is 3.29. The van der Waals surface area contributed by atoms with Crippen molar-refractivity contribution in [3.05, 3.63) is 29.1 Å². The monoisotopic (exact) mass is 275 g/mol. The Hall–Kier alpha value is -1.55. The van der Waals surface area contributed by atoms with Crippen LogP contribution in [0.4, 0.5) is 0 Å². The van der Waals surface area contributed by atoms with Gasteiger partial charge in [0.25, 0.3) is 0 Å². The number of amides is 1. The molecule has 2 aromatic rings. The quantitative estimate of drug-likeness (QED) is 0.930. The number of rotatable bonds is 4. The van der Waals surface area contributed by atoms with Crippen molar-refractivity contribution < 1.29 is 9.53 Å². The maximum Gasteiger partial charge on any atom is 0.219 e. The minimum atomic E-state index is 0.143. The number of carbonyl (C=O) groups excluding carboxylic acids is 1. The molecule has 100 valence electrons. The number of hydrogen-bond donors (Lipinski definition) is 1. The van der Waals surface area contributed by atoms with Crippen LogP contribution in [0.5, 0.6) is 5.75 Å². The van der Waals surface area contributed by atoms with Gasteiger partial charge in [-0.05, 0) is 40.9 Å². The zero-order valence-electron chi connectivity index (χ0n) is 11.1. The molecular formula is C15H17NO2S. The van der Waals surface area contributed by atoms with Crippen LogP contribution in [0.15, 0.2) is 23.6 Å². The van der Waals surface area contributed by atoms with Gasteiger partial charge in [0.05, 0.1) is 7.11 Å². The van der Waals surface area contributed by atoms with E-state index < -0.39 is 0 Å². The van der Waals surface area contributed by atoms with Gasteiger partial charge in [0.1, 0.15) is 5.75 Å². The molecule has 0 unspecified atom stereocenters. The van der Waals surface area contributed by atoms with Gasteiger partial charge in [0, 0.05) is 23.1 Å². The molecule has 1 aromatic heterocycles. The summed E-state index contributed by atoms with van der Waals surface area (Å²) in [6.07, 6.45) is 1.61. The number of carbonyl (C=O) groups is 1. The van der Waals surface area contributed by atoms with Crippen molar-refractivity contribution in [2.24, 2.45) is 0 Å². The van der Waals surface area contributed by atoms with Crippen molar-refractivity contribution in [2.45, 2.75) is 31.7 Å². The Kier molecular flexibility index (Phi) is 3.19. The Bertz CT molecular complexity index is 620. The summed E-state index contributed by atoms with van der Waals surface area (Å²) in [4.78, 5) is 11.4. The van der Waals surface area contributed by atoms with Gasteiger partial charge in [-0.3, -0.25) is 4.79 Å². The van der Waals surface area contributed by atoms with E-state index in [-0.39, 0.29) is 5.91 Å². The van der Waals surface area contributed by atoms with Gasteiger partial charge in [-0.1, -0.05) is 6.92 Å². The van der Waals surface area contributed by atoms with Crippen molar-refractivity contribution in [3.63, 3.8) is 0 Å². The minimum Gasteiger partial charge on any atom is -0.497 e. The number of thiophene rings is 1. The highest BCUT2D eigenvalue weighted by Gasteiger charge is 2.40. The van der Waals surface area contributed by atoms with Crippen molar-refractivity contribution in [3.8, 4) is 5.75 Å². The Morgan fingerprint density at radius 3 is 3.11 bits per heavy atom. The number of fused-ring (bicyclic) bond motifs is 1. The molecule has 3 rings (SSSR count). The average Bonchev–Trinajstić information content (AvgIpc) is 3.06. The topological polar surface area (TPSA) is 38.3 Å². The maximum absolute atomic E-state index is 11.4. The van der Waals surface area contributed by atoms with Crippen LogP contribution in [0.25, 0.3) is 10.1 Å². The average molecular weight is 275 g/mol. The Morgan fingerprint density at radius 2 is 2.37 bits per heavy atom. The van der Waals surface area contributed by atoms with Gasteiger partial charge in [-0.2, -0.15) is 0 Å². The van der Waals surface area contributed by atoms with Gasteiger partial charge >= 0.3 is 0 Å². The van der Waals surface area contributed by atoms with E-state index in [0.29, 0.717) is 18.4 Å². The number of methoxy groups -OCH3 is 1. The largest absolute Gasteiger partial charge is 0.497 e. The predicted molar refractivity (Wildman–Crippen MR) is 78.0 cm³/mol. The molecule has 1 fully saturated rings. The van der Waals surface area contributed by atoms with Crippen LogP contribution in [-0.2, 0) is 4.79 Å². The van der Waals surface area contributed by atoms with Crippen molar-refractivity contribution >= 4 is 27.3 Å². The van der Waals surface area contributed by atoms with E-state index in [9.17, 15) is 4.79 Å². The van der Waals surface area contributed by atoms with Crippen LogP contribution < -0.4 is 10.1 Å². The van der Waals surface area contributed by atoms with E-state index in [2.05, 4.69) is 22.8 Å². The second kappa shape index (κ2) is 4.85. The molecule has 1 aromatic carbocycles. The third-order valence-corrected chi connectivity index (χ3v) is 4.65. The summed E-state index contributed by atoms with van der Waals surface area (Å²) in [5.74, 6) is 1.50. The first-order valence-electron chi connectivity index (χ1n) is 6.57. The maximum atomic E-state index is 11.4. The molecule has 1 N–H and O–H groups in total. The fraction of sp³-hybridized carbons (Fsp3) is 0.400. The second-order valence-corrected chi connectivity index (χ2v) is 5.83. The Morgan fingerprint density at radius 1 is 1.53 bits per heavy atom. The number of nitrogens with one attached hydrogen (secondary N) is 1. The summed E-state index contributed by atoms with van der Waals surface area (Å²) >= 11 is 1.76.